The molecule has 94 heavy (non-hydrogen) atoms. The van der Waals surface area contributed by atoms with Crippen LogP contribution in [0.4, 0.5) is 0 Å². The lowest BCUT2D eigenvalue weighted by Gasteiger charge is -2.09. The van der Waals surface area contributed by atoms with Gasteiger partial charge in [0.1, 0.15) is 0 Å². The quantitative estimate of drug-likeness (QED) is 0.0250. The summed E-state index contributed by atoms with van der Waals surface area (Å²) in [4.78, 5) is 0. The van der Waals surface area contributed by atoms with E-state index in [4.69, 9.17) is 5.73 Å². The number of allylic oxidation sites excluding steroid dienone is 5. The molecule has 0 aliphatic rings. The average molecular weight is 1330 g/mol. The van der Waals surface area contributed by atoms with Crippen LogP contribution in [-0.2, 0) is 0 Å². The van der Waals surface area contributed by atoms with Crippen LogP contribution < -0.4 is 107 Å². The van der Waals surface area contributed by atoms with E-state index in [0.29, 0.717) is 0 Å². The largest absolute Gasteiger partial charge is 0.389 e. The molecule has 21 N–H and O–H groups in total. The van der Waals surface area contributed by atoms with E-state index in [1.165, 1.54) is 80.1 Å². The molecule has 0 radical (unpaired) electrons. The van der Waals surface area contributed by atoms with Gasteiger partial charge < -0.3 is 107 Å². The number of hydrogen-bond donors (Lipinski definition) is 20. The van der Waals surface area contributed by atoms with E-state index >= 15 is 0 Å². The van der Waals surface area contributed by atoms with E-state index in [2.05, 4.69) is 201 Å². The molecule has 0 heterocycles. The lowest BCUT2D eigenvalue weighted by molar-refractivity contribution is 0.560. The Hall–Kier alpha value is -3.10. The summed E-state index contributed by atoms with van der Waals surface area (Å²) in [7, 11) is 0. The molecule has 0 unspecified atom stereocenters. The summed E-state index contributed by atoms with van der Waals surface area (Å²) >= 11 is 0. The lowest BCUT2D eigenvalue weighted by atomic mass is 10.3. The molecular weight excluding hydrogens is 1170 g/mol. The molecule has 0 atom stereocenters. The Morgan fingerprint density at radius 1 is 0.245 bits per heavy atom. The summed E-state index contributed by atoms with van der Waals surface area (Å²) in [6.07, 6.45) is 19.7. The molecule has 20 heteroatoms. The molecule has 0 aromatic carbocycles. The van der Waals surface area contributed by atoms with Gasteiger partial charge in [0, 0.05) is 76.0 Å². The minimum Gasteiger partial charge on any atom is -0.389 e. The second-order valence-electron chi connectivity index (χ2n) is 24.6. The van der Waals surface area contributed by atoms with Crippen molar-refractivity contribution in [3.05, 3.63) is 84.4 Å². The monoisotopic (exact) mass is 1330 g/mol. The van der Waals surface area contributed by atoms with E-state index in [9.17, 15) is 0 Å². The van der Waals surface area contributed by atoms with Crippen LogP contribution in [0, 0.1) is 0 Å². The molecule has 0 bridgehead atoms. The number of likely N-dealkylation sites (N-methyl/N-ethyl adjacent to an activating group) is 1. The molecule has 0 aliphatic carbocycles. The Bertz CT molecular complexity index is 1520. The number of hydrogen-bond acceptors (Lipinski definition) is 20. The minimum absolute atomic E-state index is 0.779. The van der Waals surface area contributed by atoms with E-state index in [0.717, 1.165) is 278 Å². The molecule has 560 valence electrons. The third kappa shape index (κ3) is 113. The van der Waals surface area contributed by atoms with Crippen molar-refractivity contribution in [2.75, 3.05) is 236 Å². The van der Waals surface area contributed by atoms with Gasteiger partial charge in [-0.05, 0) is 320 Å². The highest BCUT2D eigenvalue weighted by Crippen LogP contribution is 1.91. The molecule has 0 spiro atoms. The standard InChI is InChI=1S/C19H40N4.C15H32N4.2C14H32N4.C12H28N4/c1-18(2)8-16-22-14-6-12-20-10-5-11-21-13-7-15-23-17-9-19(3)4;1-14(2)18-12-6-10-16-8-5-9-17-11-7-13-19-15(3)4;1-4-15-8-6-10-17-12-14(3)13-18-11-7-9-16-5-2;1-4-15-8-6-9-17-10-7-11-18-13-14(3)12-16-5-2;1-12(2)16-11-5-10-15-9-4-8-14-7-3-6-13/h8-9,20-23H,5-7,10-17H2,1-4H3;16-19H,1,3,5-13H2,2,4H3;2*15-18H,3-13H2,1-2H3;14-16H,1,3-11,13H2,2H3. The molecule has 0 rings (SSSR count). The predicted molar refractivity (Wildman–Crippen MR) is 423 cm³/mol. The normalized spacial score (nSPS) is 10.6. The summed E-state index contributed by atoms with van der Waals surface area (Å²) in [5.41, 5.74) is 13.8. The highest BCUT2D eigenvalue weighted by atomic mass is 15.0. The maximum Gasteiger partial charge on any atom is 0.0174 e. The van der Waals surface area contributed by atoms with Gasteiger partial charge in [-0.15, -0.1) is 0 Å². The van der Waals surface area contributed by atoms with Crippen LogP contribution in [0.15, 0.2) is 84.4 Å². The van der Waals surface area contributed by atoms with Crippen LogP contribution in [0.3, 0.4) is 0 Å². The van der Waals surface area contributed by atoms with Crippen molar-refractivity contribution in [2.45, 2.75) is 160 Å². The third-order valence-electron chi connectivity index (χ3n) is 13.6. The molecule has 0 saturated carbocycles. The number of nitrogens with one attached hydrogen (secondary N) is 19. The Morgan fingerprint density at radius 3 is 0.649 bits per heavy atom. The van der Waals surface area contributed by atoms with E-state index < -0.39 is 0 Å². The van der Waals surface area contributed by atoms with Gasteiger partial charge in [0.25, 0.3) is 0 Å². The van der Waals surface area contributed by atoms with Crippen molar-refractivity contribution in [3.63, 3.8) is 0 Å². The van der Waals surface area contributed by atoms with Crippen LogP contribution in [-0.4, -0.2) is 236 Å². The molecule has 20 nitrogen and oxygen atoms in total. The van der Waals surface area contributed by atoms with Crippen molar-refractivity contribution in [3.8, 4) is 0 Å². The van der Waals surface area contributed by atoms with E-state index in [-0.39, 0.29) is 0 Å². The molecular formula is C74H164N20. The minimum atomic E-state index is 0.779. The summed E-state index contributed by atoms with van der Waals surface area (Å²) in [6.45, 7) is 80.1. The summed E-state index contributed by atoms with van der Waals surface area (Å²) in [5, 5.41) is 64.1. The van der Waals surface area contributed by atoms with Crippen LogP contribution in [0.5, 0.6) is 0 Å². The first-order valence-electron chi connectivity index (χ1n) is 37.4. The Kier molecular flexibility index (Phi) is 97.4. The topological polar surface area (TPSA) is 255 Å². The van der Waals surface area contributed by atoms with E-state index in [1.807, 2.05) is 20.8 Å². The smallest absolute Gasteiger partial charge is 0.0174 e. The highest BCUT2D eigenvalue weighted by Gasteiger charge is 1.98. The Labute approximate surface area is 583 Å². The fourth-order valence-corrected chi connectivity index (χ4v) is 8.20. The van der Waals surface area contributed by atoms with Gasteiger partial charge in [-0.2, -0.15) is 0 Å². The molecule has 0 amide bonds. The van der Waals surface area contributed by atoms with Gasteiger partial charge in [0.05, 0.1) is 0 Å². The highest BCUT2D eigenvalue weighted by molar-refractivity contribution is 5.00. The van der Waals surface area contributed by atoms with Crippen molar-refractivity contribution in [2.24, 2.45) is 5.73 Å². The van der Waals surface area contributed by atoms with Gasteiger partial charge in [-0.3, -0.25) is 0 Å². The first-order valence-corrected chi connectivity index (χ1v) is 37.4. The average Bonchev–Trinajstić information content (AvgIpc) is 3.56. The maximum absolute atomic E-state index is 5.39. The van der Waals surface area contributed by atoms with Gasteiger partial charge >= 0.3 is 0 Å². The van der Waals surface area contributed by atoms with Crippen molar-refractivity contribution >= 4 is 0 Å². The van der Waals surface area contributed by atoms with Gasteiger partial charge in [0.2, 0.25) is 0 Å². The number of nitrogens with two attached hydrogens (primary N) is 1. The predicted octanol–water partition coefficient (Wildman–Crippen LogP) is 5.89. The second-order valence-corrected chi connectivity index (χ2v) is 24.6. The van der Waals surface area contributed by atoms with Gasteiger partial charge in [-0.1, -0.05) is 83.9 Å². The molecule has 0 saturated heterocycles. The molecule has 0 aliphatic heterocycles. The third-order valence-corrected chi connectivity index (χ3v) is 13.6. The van der Waals surface area contributed by atoms with Gasteiger partial charge in [0.15, 0.2) is 0 Å². The number of rotatable bonds is 70. The summed E-state index contributed by atoms with van der Waals surface area (Å²) < 4.78 is 0. The van der Waals surface area contributed by atoms with Crippen molar-refractivity contribution in [1.29, 1.82) is 0 Å². The van der Waals surface area contributed by atoms with Gasteiger partial charge in [-0.25, -0.2) is 0 Å². The zero-order valence-corrected chi connectivity index (χ0v) is 63.9. The van der Waals surface area contributed by atoms with Crippen molar-refractivity contribution in [1.82, 2.24) is 101 Å². The second kappa shape index (κ2) is 92.0. The fraction of sp³-hybridized carbons (Fsp3) is 0.811. The van der Waals surface area contributed by atoms with Crippen molar-refractivity contribution < 1.29 is 0 Å². The molecule has 0 aromatic heterocycles. The first kappa shape index (κ1) is 99.6. The molecule has 0 fully saturated rings. The van der Waals surface area contributed by atoms with Crippen LogP contribution in [0.1, 0.15) is 160 Å². The first-order chi connectivity index (χ1) is 45.6. The van der Waals surface area contributed by atoms with Crippen LogP contribution in [0.25, 0.3) is 0 Å². The van der Waals surface area contributed by atoms with Crippen LogP contribution in [0.2, 0.25) is 0 Å². The van der Waals surface area contributed by atoms with Crippen LogP contribution >= 0.6 is 0 Å². The maximum atomic E-state index is 5.39. The SMILES string of the molecule is C=C(C)NCCCNCCCNCCCN.C=C(C)NCCCNCCCNCCCNC(=C)C.C=C(CNCC)CNCCCNCCCNCC.C=C(CNCCCNCC)CNCCCNCC.CC(C)=CCNCCCNCCCNCCCNCC=C(C)C. The fourth-order valence-electron chi connectivity index (χ4n) is 8.20. The summed E-state index contributed by atoms with van der Waals surface area (Å²) in [6, 6.07) is 0. The van der Waals surface area contributed by atoms with E-state index in [1.54, 1.807) is 0 Å². The zero-order chi connectivity index (χ0) is 70.5. The Balaban J connectivity index is -0.000000353. The Morgan fingerprint density at radius 2 is 0.436 bits per heavy atom. The zero-order valence-electron chi connectivity index (χ0n) is 63.9. The molecule has 0 aromatic rings. The lowest BCUT2D eigenvalue weighted by Crippen LogP contribution is -2.28. The summed E-state index contributed by atoms with van der Waals surface area (Å²) in [5.74, 6) is 0.